The van der Waals surface area contributed by atoms with Gasteiger partial charge in [0.05, 0.1) is 5.76 Å². The predicted molar refractivity (Wildman–Crippen MR) is 27.6 cm³/mol. The Hall–Kier alpha value is -0.500. The average molecular weight is 102 g/mol. The van der Waals surface area contributed by atoms with Crippen molar-refractivity contribution >= 4 is 0 Å². The molecule has 1 N–H and O–H groups in total. The van der Waals surface area contributed by atoms with E-state index in [-0.39, 0.29) is 0 Å². The van der Waals surface area contributed by atoms with Crippen LogP contribution in [-0.2, 0) is 4.74 Å². The van der Waals surface area contributed by atoms with E-state index in [1.807, 2.05) is 0 Å². The van der Waals surface area contributed by atoms with Crippen molar-refractivity contribution in [3.8, 4) is 0 Å². The van der Waals surface area contributed by atoms with Crippen LogP contribution >= 0.6 is 0 Å². The lowest BCUT2D eigenvalue weighted by Crippen LogP contribution is -2.02. The second-order valence-corrected chi connectivity index (χ2v) is 1.42. The van der Waals surface area contributed by atoms with E-state index in [1.165, 1.54) is 6.92 Å². The first-order valence-corrected chi connectivity index (χ1v) is 2.13. The molecule has 0 spiro atoms. The highest BCUT2D eigenvalue weighted by Gasteiger charge is 1.89. The summed E-state index contributed by atoms with van der Waals surface area (Å²) in [5.74, 6) is 0.537. The Balaban J connectivity index is 3.13. The molecule has 0 aromatic carbocycles. The SMILES string of the molecule is C=C(C)OC(C)O. The van der Waals surface area contributed by atoms with Gasteiger partial charge in [-0.05, 0) is 13.8 Å². The van der Waals surface area contributed by atoms with Gasteiger partial charge in [-0.1, -0.05) is 6.58 Å². The fourth-order valence-electron chi connectivity index (χ4n) is 0.291. The van der Waals surface area contributed by atoms with Gasteiger partial charge in [-0.25, -0.2) is 0 Å². The number of aliphatic hydroxyl groups excluding tert-OH is 1. The molecule has 0 heterocycles. The van der Waals surface area contributed by atoms with Gasteiger partial charge in [-0.3, -0.25) is 0 Å². The molecule has 42 valence electrons. The second kappa shape index (κ2) is 2.64. The minimum absolute atomic E-state index is 0.537. The molecule has 1 unspecified atom stereocenters. The molecule has 0 rings (SSSR count). The van der Waals surface area contributed by atoms with E-state index >= 15 is 0 Å². The van der Waals surface area contributed by atoms with Crippen LogP contribution in [0.3, 0.4) is 0 Å². The van der Waals surface area contributed by atoms with E-state index in [4.69, 9.17) is 5.11 Å². The van der Waals surface area contributed by atoms with Gasteiger partial charge in [0.15, 0.2) is 6.29 Å². The number of rotatable bonds is 2. The molecule has 0 saturated carbocycles. The van der Waals surface area contributed by atoms with Gasteiger partial charge in [-0.15, -0.1) is 0 Å². The highest BCUT2D eigenvalue weighted by atomic mass is 16.6. The fourth-order valence-corrected chi connectivity index (χ4v) is 0.291. The molecule has 0 aliphatic carbocycles. The van der Waals surface area contributed by atoms with Crippen LogP contribution in [0.2, 0.25) is 0 Å². The molecule has 0 saturated heterocycles. The summed E-state index contributed by atoms with van der Waals surface area (Å²) in [5.41, 5.74) is 0. The van der Waals surface area contributed by atoms with Crippen molar-refractivity contribution in [3.63, 3.8) is 0 Å². The molecule has 0 radical (unpaired) electrons. The van der Waals surface area contributed by atoms with Crippen LogP contribution in [0.5, 0.6) is 0 Å². The van der Waals surface area contributed by atoms with Gasteiger partial charge in [0.2, 0.25) is 0 Å². The van der Waals surface area contributed by atoms with E-state index in [2.05, 4.69) is 11.3 Å². The molecular weight excluding hydrogens is 92.1 g/mol. The standard InChI is InChI=1S/C5H10O2/c1-4(2)7-5(3)6/h5-6H,1H2,2-3H3. The number of aliphatic hydroxyl groups is 1. The first kappa shape index (κ1) is 6.50. The molecular formula is C5H10O2. The summed E-state index contributed by atoms with van der Waals surface area (Å²) in [4.78, 5) is 0. The smallest absolute Gasteiger partial charge is 0.193 e. The van der Waals surface area contributed by atoms with Gasteiger partial charge in [0.1, 0.15) is 0 Å². The normalized spacial score (nSPS) is 13.0. The summed E-state index contributed by atoms with van der Waals surface area (Å²) < 4.78 is 4.61. The van der Waals surface area contributed by atoms with Crippen LogP contribution in [-0.4, -0.2) is 11.4 Å². The van der Waals surface area contributed by atoms with Crippen LogP contribution < -0.4 is 0 Å². The zero-order chi connectivity index (χ0) is 5.86. The summed E-state index contributed by atoms with van der Waals surface area (Å²) >= 11 is 0. The summed E-state index contributed by atoms with van der Waals surface area (Å²) in [5, 5.41) is 8.44. The van der Waals surface area contributed by atoms with Gasteiger partial charge in [0, 0.05) is 0 Å². The van der Waals surface area contributed by atoms with Crippen LogP contribution in [0.25, 0.3) is 0 Å². The highest BCUT2D eigenvalue weighted by Crippen LogP contribution is 1.92. The fraction of sp³-hybridized carbons (Fsp3) is 0.600. The van der Waals surface area contributed by atoms with Crippen molar-refractivity contribution in [3.05, 3.63) is 12.3 Å². The van der Waals surface area contributed by atoms with E-state index in [0.29, 0.717) is 5.76 Å². The van der Waals surface area contributed by atoms with Crippen LogP contribution in [0, 0.1) is 0 Å². The number of hydrogen-bond acceptors (Lipinski definition) is 2. The monoisotopic (exact) mass is 102 g/mol. The number of allylic oxidation sites excluding steroid dienone is 1. The molecule has 2 heteroatoms. The van der Waals surface area contributed by atoms with E-state index in [1.54, 1.807) is 6.92 Å². The highest BCUT2D eigenvalue weighted by molar-refractivity contribution is 4.73. The molecule has 0 bridgehead atoms. The van der Waals surface area contributed by atoms with Crippen molar-refractivity contribution in [2.75, 3.05) is 0 Å². The van der Waals surface area contributed by atoms with Crippen LogP contribution in [0.15, 0.2) is 12.3 Å². The first-order valence-electron chi connectivity index (χ1n) is 2.13. The minimum Gasteiger partial charge on any atom is -0.471 e. The van der Waals surface area contributed by atoms with Gasteiger partial charge >= 0.3 is 0 Å². The minimum atomic E-state index is -0.725. The third-order valence-electron chi connectivity index (χ3n) is 0.372. The second-order valence-electron chi connectivity index (χ2n) is 1.42. The quantitative estimate of drug-likeness (QED) is 0.414. The predicted octanol–water partition coefficient (Wildman–Crippen LogP) is 0.875. The summed E-state index contributed by atoms with van der Waals surface area (Å²) in [6.07, 6.45) is -0.725. The molecule has 0 fully saturated rings. The maximum Gasteiger partial charge on any atom is 0.193 e. The molecule has 1 atom stereocenters. The van der Waals surface area contributed by atoms with Crippen molar-refractivity contribution < 1.29 is 9.84 Å². The van der Waals surface area contributed by atoms with E-state index in [9.17, 15) is 0 Å². The summed E-state index contributed by atoms with van der Waals surface area (Å²) in [6.45, 7) is 6.64. The molecule has 2 nitrogen and oxygen atoms in total. The Morgan fingerprint density at radius 3 is 2.29 bits per heavy atom. The van der Waals surface area contributed by atoms with Crippen LogP contribution in [0.4, 0.5) is 0 Å². The number of ether oxygens (including phenoxy) is 1. The Bertz CT molecular complexity index is 66.5. The Labute approximate surface area is 43.4 Å². The van der Waals surface area contributed by atoms with Gasteiger partial charge < -0.3 is 9.84 Å². The number of hydrogen-bond donors (Lipinski definition) is 1. The lowest BCUT2D eigenvalue weighted by Gasteiger charge is -2.05. The lowest BCUT2D eigenvalue weighted by molar-refractivity contribution is -0.0481. The van der Waals surface area contributed by atoms with Gasteiger partial charge in [-0.2, -0.15) is 0 Å². The largest absolute Gasteiger partial charge is 0.471 e. The van der Waals surface area contributed by atoms with Crippen molar-refractivity contribution in [2.45, 2.75) is 20.1 Å². The zero-order valence-corrected chi connectivity index (χ0v) is 4.64. The molecule has 7 heavy (non-hydrogen) atoms. The topological polar surface area (TPSA) is 29.5 Å². The van der Waals surface area contributed by atoms with Crippen molar-refractivity contribution in [2.24, 2.45) is 0 Å². The van der Waals surface area contributed by atoms with E-state index in [0.717, 1.165) is 0 Å². The third kappa shape index (κ3) is 5.50. The Kier molecular flexibility index (Phi) is 2.45. The molecule has 0 aromatic rings. The van der Waals surface area contributed by atoms with E-state index < -0.39 is 6.29 Å². The third-order valence-corrected chi connectivity index (χ3v) is 0.372. The van der Waals surface area contributed by atoms with Gasteiger partial charge in [0.25, 0.3) is 0 Å². The molecule has 0 aromatic heterocycles. The van der Waals surface area contributed by atoms with Crippen molar-refractivity contribution in [1.29, 1.82) is 0 Å². The molecule has 0 aliphatic heterocycles. The van der Waals surface area contributed by atoms with Crippen LogP contribution in [0.1, 0.15) is 13.8 Å². The summed E-state index contributed by atoms with van der Waals surface area (Å²) in [6, 6.07) is 0. The molecule has 0 aliphatic rings. The maximum atomic E-state index is 8.44. The average Bonchev–Trinajstić information content (AvgIpc) is 1.27. The summed E-state index contributed by atoms with van der Waals surface area (Å²) in [7, 11) is 0. The molecule has 0 amide bonds. The lowest BCUT2D eigenvalue weighted by atomic mass is 10.6. The first-order chi connectivity index (χ1) is 3.13. The Morgan fingerprint density at radius 1 is 1.86 bits per heavy atom. The van der Waals surface area contributed by atoms with Crippen molar-refractivity contribution in [1.82, 2.24) is 0 Å². The Morgan fingerprint density at radius 2 is 2.29 bits per heavy atom. The maximum absolute atomic E-state index is 8.44. The zero-order valence-electron chi connectivity index (χ0n) is 4.64.